The SMILES string of the molecule is CNc1cc2c(cc1F)C(=O)N(c1ccc(N[C@@H](C(=O)O)c3ccc(Cl)s3)cc1)CO2. The van der Waals surface area contributed by atoms with Crippen molar-refractivity contribution < 1.29 is 23.8 Å². The topological polar surface area (TPSA) is 90.9 Å². The van der Waals surface area contributed by atoms with Gasteiger partial charge < -0.3 is 20.5 Å². The monoisotopic (exact) mass is 461 g/mol. The maximum atomic E-state index is 14.1. The molecule has 7 nitrogen and oxygen atoms in total. The van der Waals surface area contributed by atoms with Gasteiger partial charge in [0.05, 0.1) is 15.6 Å². The predicted octanol–water partition coefficient (Wildman–Crippen LogP) is 4.82. The van der Waals surface area contributed by atoms with Crippen LogP contribution in [0, 0.1) is 5.82 Å². The standard InChI is InChI=1S/C21H17ClFN3O4S/c1-24-15-9-16-13(8-14(15)23)20(27)26(10-30-16)12-4-2-11(3-5-12)25-19(21(28)29)17-6-7-18(22)31-17/h2-9,19,24-25H,10H2,1H3,(H,28,29)/t19-/m1/s1. The molecule has 3 aromatic rings. The maximum absolute atomic E-state index is 14.1. The number of carbonyl (C=O) groups is 2. The van der Waals surface area contributed by atoms with Gasteiger partial charge in [0, 0.05) is 29.4 Å². The molecule has 3 N–H and O–H groups in total. The molecule has 2 heterocycles. The number of ether oxygens (including phenoxy) is 1. The molecule has 31 heavy (non-hydrogen) atoms. The van der Waals surface area contributed by atoms with E-state index in [9.17, 15) is 19.1 Å². The Labute approximate surface area is 186 Å². The van der Waals surface area contributed by atoms with Crippen LogP contribution in [0.5, 0.6) is 5.75 Å². The number of nitrogens with one attached hydrogen (secondary N) is 2. The van der Waals surface area contributed by atoms with Crippen LogP contribution in [0.1, 0.15) is 21.3 Å². The number of amides is 1. The molecule has 1 aliphatic rings. The largest absolute Gasteiger partial charge is 0.479 e. The van der Waals surface area contributed by atoms with E-state index < -0.39 is 17.8 Å². The van der Waals surface area contributed by atoms with Crippen LogP contribution in [0.25, 0.3) is 0 Å². The van der Waals surface area contributed by atoms with Crippen LogP contribution in [0.3, 0.4) is 0 Å². The minimum absolute atomic E-state index is 0.0289. The van der Waals surface area contributed by atoms with E-state index in [1.165, 1.54) is 22.3 Å². The molecule has 0 spiro atoms. The van der Waals surface area contributed by atoms with Crippen molar-refractivity contribution in [2.45, 2.75) is 6.04 Å². The van der Waals surface area contributed by atoms with E-state index in [2.05, 4.69) is 10.6 Å². The Morgan fingerprint density at radius 1 is 1.26 bits per heavy atom. The van der Waals surface area contributed by atoms with Gasteiger partial charge in [-0.3, -0.25) is 9.69 Å². The number of aliphatic carboxylic acids is 1. The van der Waals surface area contributed by atoms with Gasteiger partial charge in [-0.15, -0.1) is 11.3 Å². The predicted molar refractivity (Wildman–Crippen MR) is 118 cm³/mol. The first-order valence-electron chi connectivity index (χ1n) is 9.18. The smallest absolute Gasteiger partial charge is 0.331 e. The Kier molecular flexibility index (Phi) is 5.71. The molecule has 0 fully saturated rings. The highest BCUT2D eigenvalue weighted by Crippen LogP contribution is 2.34. The van der Waals surface area contributed by atoms with Crippen molar-refractivity contribution in [3.63, 3.8) is 0 Å². The number of carbonyl (C=O) groups excluding carboxylic acids is 1. The summed E-state index contributed by atoms with van der Waals surface area (Å²) in [4.78, 5) is 26.5. The van der Waals surface area contributed by atoms with Crippen LogP contribution in [0.4, 0.5) is 21.5 Å². The van der Waals surface area contributed by atoms with E-state index in [0.29, 0.717) is 26.3 Å². The molecule has 0 bridgehead atoms. The van der Waals surface area contributed by atoms with Crippen molar-refractivity contribution >= 4 is 51.9 Å². The van der Waals surface area contributed by atoms with E-state index in [1.807, 2.05) is 0 Å². The third-order valence-electron chi connectivity index (χ3n) is 4.78. The molecule has 160 valence electrons. The molecule has 1 atom stereocenters. The zero-order valence-corrected chi connectivity index (χ0v) is 17.8. The van der Waals surface area contributed by atoms with Gasteiger partial charge in [0.1, 0.15) is 11.6 Å². The lowest BCUT2D eigenvalue weighted by Crippen LogP contribution is -2.38. The highest BCUT2D eigenvalue weighted by Gasteiger charge is 2.28. The molecular weight excluding hydrogens is 445 g/mol. The zero-order chi connectivity index (χ0) is 22.1. The van der Waals surface area contributed by atoms with E-state index in [-0.39, 0.29) is 23.9 Å². The molecule has 1 aromatic heterocycles. The number of nitrogens with zero attached hydrogens (tertiary/aromatic N) is 1. The second-order valence-corrected chi connectivity index (χ2v) is 8.44. The molecule has 0 radical (unpaired) electrons. The third-order valence-corrected chi connectivity index (χ3v) is 6.07. The number of carboxylic acids is 1. The summed E-state index contributed by atoms with van der Waals surface area (Å²) in [5, 5.41) is 15.2. The molecule has 0 saturated carbocycles. The van der Waals surface area contributed by atoms with Gasteiger partial charge in [0.25, 0.3) is 5.91 Å². The second-order valence-electron chi connectivity index (χ2n) is 6.69. The molecule has 1 amide bonds. The van der Waals surface area contributed by atoms with Gasteiger partial charge in [-0.25, -0.2) is 9.18 Å². The molecule has 0 saturated heterocycles. The van der Waals surface area contributed by atoms with E-state index in [1.54, 1.807) is 43.4 Å². The minimum Gasteiger partial charge on any atom is -0.479 e. The van der Waals surface area contributed by atoms with Crippen molar-refractivity contribution in [3.05, 3.63) is 69.1 Å². The lowest BCUT2D eigenvalue weighted by molar-refractivity contribution is -0.138. The van der Waals surface area contributed by atoms with Crippen molar-refractivity contribution in [1.82, 2.24) is 0 Å². The number of fused-ring (bicyclic) bond motifs is 1. The molecule has 0 unspecified atom stereocenters. The Morgan fingerprint density at radius 2 is 2.00 bits per heavy atom. The van der Waals surface area contributed by atoms with Crippen molar-refractivity contribution in [1.29, 1.82) is 0 Å². The number of halogens is 2. The van der Waals surface area contributed by atoms with Gasteiger partial charge in [-0.2, -0.15) is 0 Å². The van der Waals surface area contributed by atoms with Crippen LogP contribution >= 0.6 is 22.9 Å². The lowest BCUT2D eigenvalue weighted by Gasteiger charge is -2.29. The first-order valence-corrected chi connectivity index (χ1v) is 10.4. The van der Waals surface area contributed by atoms with Gasteiger partial charge in [-0.05, 0) is 42.5 Å². The second kappa shape index (κ2) is 8.44. The number of hydrogen-bond acceptors (Lipinski definition) is 6. The Bertz CT molecular complexity index is 1150. The fourth-order valence-corrected chi connectivity index (χ4v) is 4.31. The van der Waals surface area contributed by atoms with Gasteiger partial charge >= 0.3 is 5.97 Å². The van der Waals surface area contributed by atoms with Crippen LogP contribution in [-0.2, 0) is 4.79 Å². The van der Waals surface area contributed by atoms with Crippen molar-refractivity contribution in [2.75, 3.05) is 29.3 Å². The van der Waals surface area contributed by atoms with Crippen molar-refractivity contribution in [2.24, 2.45) is 0 Å². The minimum atomic E-state index is -1.04. The molecule has 2 aromatic carbocycles. The number of thiophene rings is 1. The number of rotatable bonds is 6. The molecule has 4 rings (SSSR count). The Balaban J connectivity index is 1.54. The fraction of sp³-hybridized carbons (Fsp3) is 0.143. The molecular formula is C21H17ClFN3O4S. The van der Waals surface area contributed by atoms with Crippen LogP contribution < -0.4 is 20.3 Å². The zero-order valence-electron chi connectivity index (χ0n) is 16.2. The van der Waals surface area contributed by atoms with E-state index >= 15 is 0 Å². The number of benzene rings is 2. The number of carboxylic acid groups (broad SMARTS) is 1. The third kappa shape index (κ3) is 4.14. The average molecular weight is 462 g/mol. The van der Waals surface area contributed by atoms with Gasteiger partial charge in [0.15, 0.2) is 12.8 Å². The quantitative estimate of drug-likeness (QED) is 0.487. The first-order chi connectivity index (χ1) is 14.9. The summed E-state index contributed by atoms with van der Waals surface area (Å²) in [6.07, 6.45) is 0. The normalized spacial score (nSPS) is 13.9. The summed E-state index contributed by atoms with van der Waals surface area (Å²) in [5.41, 5.74) is 1.46. The Hall–Kier alpha value is -3.30. The fourth-order valence-electron chi connectivity index (χ4n) is 3.20. The number of anilines is 3. The van der Waals surface area contributed by atoms with Crippen LogP contribution in [-0.4, -0.2) is 30.8 Å². The van der Waals surface area contributed by atoms with Gasteiger partial charge in [-0.1, -0.05) is 11.6 Å². The average Bonchev–Trinajstić information content (AvgIpc) is 3.18. The highest BCUT2D eigenvalue weighted by molar-refractivity contribution is 7.16. The van der Waals surface area contributed by atoms with E-state index in [0.717, 1.165) is 6.07 Å². The summed E-state index contributed by atoms with van der Waals surface area (Å²) in [6.45, 7) is -0.0289. The van der Waals surface area contributed by atoms with E-state index in [4.69, 9.17) is 16.3 Å². The summed E-state index contributed by atoms with van der Waals surface area (Å²) in [7, 11) is 1.58. The summed E-state index contributed by atoms with van der Waals surface area (Å²) in [5.74, 6) is -1.67. The summed E-state index contributed by atoms with van der Waals surface area (Å²) >= 11 is 7.10. The lowest BCUT2D eigenvalue weighted by atomic mass is 10.1. The van der Waals surface area contributed by atoms with Crippen LogP contribution in [0.2, 0.25) is 4.34 Å². The number of hydrogen-bond donors (Lipinski definition) is 3. The highest BCUT2D eigenvalue weighted by atomic mass is 35.5. The Morgan fingerprint density at radius 3 is 2.61 bits per heavy atom. The molecule has 10 heteroatoms. The summed E-state index contributed by atoms with van der Waals surface area (Å²) in [6, 6.07) is 11.6. The molecule has 0 aliphatic carbocycles. The first kappa shape index (κ1) is 21.0. The molecule has 1 aliphatic heterocycles. The van der Waals surface area contributed by atoms with Crippen LogP contribution in [0.15, 0.2) is 48.5 Å². The van der Waals surface area contributed by atoms with Gasteiger partial charge in [0.2, 0.25) is 0 Å². The maximum Gasteiger partial charge on any atom is 0.331 e. The van der Waals surface area contributed by atoms with Crippen molar-refractivity contribution in [3.8, 4) is 5.75 Å². The summed E-state index contributed by atoms with van der Waals surface area (Å²) < 4.78 is 20.2.